The van der Waals surface area contributed by atoms with Crippen molar-refractivity contribution >= 4 is 28.3 Å². The summed E-state index contributed by atoms with van der Waals surface area (Å²) in [5.74, 6) is -1.28. The first-order valence-corrected chi connectivity index (χ1v) is 10.1. The second-order valence-electron chi connectivity index (χ2n) is 7.64. The third kappa shape index (κ3) is 3.60. The zero-order chi connectivity index (χ0) is 21.4. The Morgan fingerprint density at radius 1 is 0.968 bits per heavy atom. The topological polar surface area (TPSA) is 108 Å². The van der Waals surface area contributed by atoms with E-state index in [1.54, 1.807) is 12.1 Å². The van der Waals surface area contributed by atoms with Crippen LogP contribution in [0.4, 0.5) is 5.82 Å². The van der Waals surface area contributed by atoms with Crippen molar-refractivity contribution in [3.63, 3.8) is 0 Å². The number of aromatic amines is 1. The summed E-state index contributed by atoms with van der Waals surface area (Å²) in [4.78, 5) is 34.8. The van der Waals surface area contributed by atoms with Crippen molar-refractivity contribution in [1.29, 1.82) is 0 Å². The maximum absolute atomic E-state index is 11.7. The van der Waals surface area contributed by atoms with Crippen LogP contribution in [0.5, 0.6) is 0 Å². The molecule has 0 saturated heterocycles. The highest BCUT2D eigenvalue weighted by atomic mass is 16.3. The van der Waals surface area contributed by atoms with Gasteiger partial charge >= 0.3 is 0 Å². The number of fused-ring (bicyclic) bond motifs is 1. The minimum absolute atomic E-state index is 0.538. The molecule has 2 aromatic heterocycles. The molecule has 7 heteroatoms. The molecule has 0 radical (unpaired) electrons. The number of H-pyrrole nitrogens is 1. The fraction of sp³-hybridized carbons (Fsp3) is 0.167. The van der Waals surface area contributed by atoms with Gasteiger partial charge in [-0.25, -0.2) is 9.97 Å². The third-order valence-corrected chi connectivity index (χ3v) is 5.68. The number of carbonyl (C=O) groups is 2. The second-order valence-corrected chi connectivity index (χ2v) is 7.64. The Morgan fingerprint density at radius 3 is 2.61 bits per heavy atom. The second kappa shape index (κ2) is 7.77. The molecule has 1 fully saturated rings. The molecule has 3 N–H and O–H groups in total. The van der Waals surface area contributed by atoms with Crippen molar-refractivity contribution in [3.05, 3.63) is 78.2 Å². The van der Waals surface area contributed by atoms with Crippen molar-refractivity contribution in [3.8, 4) is 11.3 Å². The highest BCUT2D eigenvalue weighted by Crippen LogP contribution is 2.32. The summed E-state index contributed by atoms with van der Waals surface area (Å²) < 4.78 is 0. The average molecular weight is 412 g/mol. The first-order chi connectivity index (χ1) is 15.1. The van der Waals surface area contributed by atoms with Gasteiger partial charge in [-0.3, -0.25) is 9.59 Å². The molecule has 1 aliphatic carbocycles. The summed E-state index contributed by atoms with van der Waals surface area (Å²) in [6, 6.07) is 17.5. The van der Waals surface area contributed by atoms with Gasteiger partial charge in [-0.1, -0.05) is 36.4 Å². The number of nitrogens with one attached hydrogen (secondary N) is 2. The van der Waals surface area contributed by atoms with E-state index in [0.717, 1.165) is 35.6 Å². The predicted molar refractivity (Wildman–Crippen MR) is 117 cm³/mol. The number of ketones is 2. The zero-order valence-electron chi connectivity index (χ0n) is 16.6. The van der Waals surface area contributed by atoms with Crippen LogP contribution in [0.1, 0.15) is 17.0 Å². The smallest absolute Gasteiger partial charge is 0.228 e. The monoisotopic (exact) mass is 412 g/mol. The molecule has 154 valence electrons. The number of aliphatic hydroxyl groups is 1. The van der Waals surface area contributed by atoms with Gasteiger partial charge < -0.3 is 15.4 Å². The minimum atomic E-state index is -1.23. The van der Waals surface area contributed by atoms with Crippen LogP contribution < -0.4 is 5.32 Å². The first-order valence-electron chi connectivity index (χ1n) is 10.1. The number of aromatic nitrogens is 3. The van der Waals surface area contributed by atoms with E-state index in [1.807, 2.05) is 24.4 Å². The van der Waals surface area contributed by atoms with E-state index in [0.29, 0.717) is 5.56 Å². The van der Waals surface area contributed by atoms with Crippen LogP contribution in [-0.2, 0) is 16.0 Å². The Kier molecular flexibility index (Phi) is 4.80. The van der Waals surface area contributed by atoms with Crippen LogP contribution >= 0.6 is 0 Å². The van der Waals surface area contributed by atoms with Crippen molar-refractivity contribution in [1.82, 2.24) is 15.0 Å². The van der Waals surface area contributed by atoms with E-state index < -0.39 is 23.6 Å². The number of hydrogen-bond acceptors (Lipinski definition) is 6. The van der Waals surface area contributed by atoms with Gasteiger partial charge in [0.05, 0.1) is 11.6 Å². The summed E-state index contributed by atoms with van der Waals surface area (Å²) in [5, 5.41) is 14.3. The molecule has 0 aliphatic heterocycles. The molecule has 2 atom stereocenters. The molecule has 1 saturated carbocycles. The van der Waals surface area contributed by atoms with Crippen LogP contribution in [0.25, 0.3) is 22.2 Å². The normalized spacial score (nSPS) is 18.2. The maximum Gasteiger partial charge on any atom is 0.228 e. The Morgan fingerprint density at radius 2 is 1.81 bits per heavy atom. The Labute approximate surface area is 178 Å². The van der Waals surface area contributed by atoms with Crippen LogP contribution in [0.3, 0.4) is 0 Å². The molecule has 0 spiro atoms. The number of anilines is 1. The first kappa shape index (κ1) is 19.1. The summed E-state index contributed by atoms with van der Waals surface area (Å²) >= 11 is 0. The fourth-order valence-corrected chi connectivity index (χ4v) is 3.89. The molecule has 4 aromatic rings. The van der Waals surface area contributed by atoms with Crippen LogP contribution in [0.15, 0.2) is 67.1 Å². The van der Waals surface area contributed by atoms with E-state index in [2.05, 4.69) is 44.5 Å². The number of hydrogen-bond donors (Lipinski definition) is 3. The molecule has 2 unspecified atom stereocenters. The lowest BCUT2D eigenvalue weighted by molar-refractivity contribution is -0.154. The zero-order valence-corrected chi connectivity index (χ0v) is 16.6. The van der Waals surface area contributed by atoms with Gasteiger partial charge in [-0.2, -0.15) is 0 Å². The Balaban J connectivity index is 1.24. The number of carbonyl (C=O) groups excluding carboxylic acids is 2. The molecule has 31 heavy (non-hydrogen) atoms. The number of benzene rings is 2. The van der Waals surface area contributed by atoms with Gasteiger partial charge in [0.25, 0.3) is 0 Å². The standard InChI is InChI=1S/C24H20N4O3/c29-22-21(23(30)24(22)31)17-5-3-15(4-6-17)19-12-20(28-13-27-19)26-9-7-14-1-2-16-8-10-25-18(16)11-14/h1-6,8,10-13,21-22,25,29H,7,9H2,(H,26,27,28). The maximum atomic E-state index is 11.7. The molecular formula is C24H20N4O3. The lowest BCUT2D eigenvalue weighted by Crippen LogP contribution is -2.50. The van der Waals surface area contributed by atoms with E-state index in [1.165, 1.54) is 17.3 Å². The molecule has 7 nitrogen and oxygen atoms in total. The van der Waals surface area contributed by atoms with Crippen molar-refractivity contribution in [2.24, 2.45) is 0 Å². The number of rotatable bonds is 6. The molecule has 1 aliphatic rings. The van der Waals surface area contributed by atoms with Crippen LogP contribution in [0, 0.1) is 0 Å². The number of aliphatic hydroxyl groups excluding tert-OH is 1. The molecule has 0 amide bonds. The number of nitrogens with zero attached hydrogens (tertiary/aromatic N) is 2. The largest absolute Gasteiger partial charge is 0.384 e. The van der Waals surface area contributed by atoms with E-state index in [9.17, 15) is 14.7 Å². The van der Waals surface area contributed by atoms with Crippen molar-refractivity contribution in [2.45, 2.75) is 18.4 Å². The van der Waals surface area contributed by atoms with E-state index in [-0.39, 0.29) is 0 Å². The Hall–Kier alpha value is -3.84. The van der Waals surface area contributed by atoms with Gasteiger partial charge in [0.1, 0.15) is 18.2 Å². The Bertz CT molecular complexity index is 1280. The van der Waals surface area contributed by atoms with Crippen LogP contribution in [-0.4, -0.2) is 44.3 Å². The predicted octanol–water partition coefficient (Wildman–Crippen LogP) is 2.88. The molecule has 2 aromatic carbocycles. The molecule has 2 heterocycles. The minimum Gasteiger partial charge on any atom is -0.384 e. The lowest BCUT2D eigenvalue weighted by Gasteiger charge is -2.29. The highest BCUT2D eigenvalue weighted by molar-refractivity contribution is 6.48. The SMILES string of the molecule is O=C1C(=O)C(c2ccc(-c3cc(NCCc4ccc5cc[nH]c5c4)ncn3)cc2)C1O. The van der Waals surface area contributed by atoms with Crippen molar-refractivity contribution < 1.29 is 14.7 Å². The van der Waals surface area contributed by atoms with Gasteiger partial charge in [0.2, 0.25) is 11.6 Å². The summed E-state index contributed by atoms with van der Waals surface area (Å²) in [5.41, 5.74) is 4.60. The molecular weight excluding hydrogens is 392 g/mol. The van der Waals surface area contributed by atoms with Gasteiger partial charge in [0, 0.05) is 29.9 Å². The van der Waals surface area contributed by atoms with Crippen LogP contribution in [0.2, 0.25) is 0 Å². The van der Waals surface area contributed by atoms with E-state index in [4.69, 9.17) is 0 Å². The van der Waals surface area contributed by atoms with Crippen molar-refractivity contribution in [2.75, 3.05) is 11.9 Å². The number of Topliss-reactive ketones (excluding diaryl/α,β-unsaturated/α-hetero) is 2. The summed E-state index contributed by atoms with van der Waals surface area (Å²) in [6.45, 7) is 0.733. The summed E-state index contributed by atoms with van der Waals surface area (Å²) in [6.07, 6.45) is 3.08. The van der Waals surface area contributed by atoms with E-state index >= 15 is 0 Å². The summed E-state index contributed by atoms with van der Waals surface area (Å²) in [7, 11) is 0. The fourth-order valence-electron chi connectivity index (χ4n) is 3.89. The van der Waals surface area contributed by atoms with Gasteiger partial charge in [-0.05, 0) is 35.1 Å². The van der Waals surface area contributed by atoms with Gasteiger partial charge in [0.15, 0.2) is 0 Å². The quantitative estimate of drug-likeness (QED) is 0.420. The lowest BCUT2D eigenvalue weighted by atomic mass is 9.74. The molecule has 5 rings (SSSR count). The average Bonchev–Trinajstić information content (AvgIpc) is 3.28. The van der Waals surface area contributed by atoms with Gasteiger partial charge in [-0.15, -0.1) is 0 Å². The molecule has 0 bridgehead atoms. The third-order valence-electron chi connectivity index (χ3n) is 5.68. The highest BCUT2D eigenvalue weighted by Gasteiger charge is 2.48.